The third kappa shape index (κ3) is 3.92. The summed E-state index contributed by atoms with van der Waals surface area (Å²) < 4.78 is 30.8. The molecule has 0 unspecified atom stereocenters. The van der Waals surface area contributed by atoms with Gasteiger partial charge in [-0.2, -0.15) is 5.10 Å². The predicted molar refractivity (Wildman–Crippen MR) is 76.4 cm³/mol. The third-order valence-electron chi connectivity index (χ3n) is 2.50. The van der Waals surface area contributed by atoms with Crippen LogP contribution >= 0.6 is 0 Å². The lowest BCUT2D eigenvalue weighted by atomic mass is 10.3. The Bertz CT molecular complexity index is 667. The molecule has 6 nitrogen and oxygen atoms in total. The van der Waals surface area contributed by atoms with Crippen LogP contribution in [0.5, 0.6) is 11.6 Å². The zero-order valence-corrected chi connectivity index (χ0v) is 12.0. The minimum atomic E-state index is -3.26. The Balaban J connectivity index is 2.07. The summed E-state index contributed by atoms with van der Waals surface area (Å²) in [4.78, 5) is 0. The van der Waals surface area contributed by atoms with E-state index in [2.05, 4.69) is 14.9 Å². The highest BCUT2D eigenvalue weighted by molar-refractivity contribution is 7.92. The fraction of sp³-hybridized carbons (Fsp3) is 0.231. The molecule has 0 aliphatic carbocycles. The van der Waals surface area contributed by atoms with E-state index in [1.54, 1.807) is 43.3 Å². The lowest BCUT2D eigenvalue weighted by Gasteiger charge is -2.07. The zero-order valence-electron chi connectivity index (χ0n) is 11.2. The number of benzene rings is 1. The summed E-state index contributed by atoms with van der Waals surface area (Å²) in [5.74, 6) is 0.976. The summed E-state index contributed by atoms with van der Waals surface area (Å²) >= 11 is 0. The van der Waals surface area contributed by atoms with Crippen LogP contribution in [0.2, 0.25) is 0 Å². The van der Waals surface area contributed by atoms with Crippen LogP contribution < -0.4 is 9.46 Å². The normalized spacial score (nSPS) is 11.1. The molecule has 106 valence electrons. The van der Waals surface area contributed by atoms with Crippen molar-refractivity contribution in [3.8, 4) is 11.6 Å². The molecule has 2 rings (SSSR count). The number of nitrogens with zero attached hydrogens (tertiary/aromatic N) is 2. The van der Waals surface area contributed by atoms with Gasteiger partial charge in [0.15, 0.2) is 0 Å². The molecule has 0 fully saturated rings. The van der Waals surface area contributed by atoms with Crippen LogP contribution in [0.1, 0.15) is 12.6 Å². The molecule has 0 aliphatic heterocycles. The second-order valence-electron chi connectivity index (χ2n) is 4.14. The van der Waals surface area contributed by atoms with Gasteiger partial charge in [-0.1, -0.05) is 0 Å². The summed E-state index contributed by atoms with van der Waals surface area (Å²) in [5, 5.41) is 7.77. The average molecular weight is 293 g/mol. The Hall–Kier alpha value is -2.15. The Morgan fingerprint density at radius 3 is 2.35 bits per heavy atom. The minimum Gasteiger partial charge on any atom is -0.438 e. The van der Waals surface area contributed by atoms with E-state index in [0.717, 1.165) is 5.69 Å². The summed E-state index contributed by atoms with van der Waals surface area (Å²) in [6.07, 6.45) is 0. The van der Waals surface area contributed by atoms with Crippen molar-refractivity contribution in [3.05, 3.63) is 42.1 Å². The second-order valence-corrected chi connectivity index (χ2v) is 6.16. The van der Waals surface area contributed by atoms with Gasteiger partial charge in [0, 0.05) is 11.8 Å². The molecule has 1 N–H and O–H groups in total. The Kier molecular flexibility index (Phi) is 4.19. The number of nitrogens with one attached hydrogen (secondary N) is 1. The molecule has 2 aromatic rings. The van der Waals surface area contributed by atoms with Gasteiger partial charge >= 0.3 is 0 Å². The minimum absolute atomic E-state index is 0.0320. The molecule has 0 atom stereocenters. The van der Waals surface area contributed by atoms with Gasteiger partial charge in [0.1, 0.15) is 5.75 Å². The van der Waals surface area contributed by atoms with Crippen LogP contribution in [0, 0.1) is 6.92 Å². The molecule has 0 amide bonds. The van der Waals surface area contributed by atoms with Gasteiger partial charge in [0.05, 0.1) is 11.4 Å². The van der Waals surface area contributed by atoms with Crippen molar-refractivity contribution in [3.63, 3.8) is 0 Å². The maximum atomic E-state index is 11.4. The molecule has 0 radical (unpaired) electrons. The third-order valence-corrected chi connectivity index (χ3v) is 3.81. The van der Waals surface area contributed by atoms with Crippen molar-refractivity contribution < 1.29 is 13.2 Å². The van der Waals surface area contributed by atoms with Crippen LogP contribution in [-0.4, -0.2) is 24.4 Å². The fourth-order valence-electron chi connectivity index (χ4n) is 1.40. The van der Waals surface area contributed by atoms with Crippen LogP contribution in [0.3, 0.4) is 0 Å². The standard InChI is InChI=1S/C13H15N3O3S/c1-3-20(17,18)16-11-5-7-12(8-6-11)19-13-9-4-10(2)14-15-13/h4-9,16H,3H2,1-2H3. The van der Waals surface area contributed by atoms with Crippen molar-refractivity contribution in [1.82, 2.24) is 10.2 Å². The number of anilines is 1. The maximum absolute atomic E-state index is 11.4. The average Bonchev–Trinajstić information content (AvgIpc) is 2.43. The largest absolute Gasteiger partial charge is 0.438 e. The van der Waals surface area contributed by atoms with E-state index < -0.39 is 10.0 Å². The molecule has 7 heteroatoms. The van der Waals surface area contributed by atoms with Gasteiger partial charge in [0.25, 0.3) is 0 Å². The molecule has 0 saturated heterocycles. The molecule has 20 heavy (non-hydrogen) atoms. The van der Waals surface area contributed by atoms with Crippen molar-refractivity contribution in [2.24, 2.45) is 0 Å². The number of sulfonamides is 1. The highest BCUT2D eigenvalue weighted by Crippen LogP contribution is 2.21. The Labute approximate surface area is 117 Å². The van der Waals surface area contributed by atoms with Gasteiger partial charge in [-0.25, -0.2) is 8.42 Å². The number of aromatic nitrogens is 2. The zero-order chi connectivity index (χ0) is 14.6. The van der Waals surface area contributed by atoms with Gasteiger partial charge < -0.3 is 4.74 Å². The summed E-state index contributed by atoms with van der Waals surface area (Å²) in [5.41, 5.74) is 1.30. The molecule has 0 saturated carbocycles. The smallest absolute Gasteiger partial charge is 0.238 e. The topological polar surface area (TPSA) is 81.2 Å². The van der Waals surface area contributed by atoms with E-state index in [1.165, 1.54) is 0 Å². The SMILES string of the molecule is CCS(=O)(=O)Nc1ccc(Oc2ccc(C)nn2)cc1. The van der Waals surface area contributed by atoms with E-state index >= 15 is 0 Å². The highest BCUT2D eigenvalue weighted by Gasteiger charge is 2.06. The van der Waals surface area contributed by atoms with Crippen LogP contribution in [0.15, 0.2) is 36.4 Å². The quantitative estimate of drug-likeness (QED) is 0.915. The van der Waals surface area contributed by atoms with Crippen molar-refractivity contribution in [2.45, 2.75) is 13.8 Å². The lowest BCUT2D eigenvalue weighted by molar-refractivity contribution is 0.454. The summed E-state index contributed by atoms with van der Waals surface area (Å²) in [6, 6.07) is 10.1. The van der Waals surface area contributed by atoms with E-state index in [1.807, 2.05) is 6.92 Å². The number of ether oxygens (including phenoxy) is 1. The number of aryl methyl sites for hydroxylation is 1. The van der Waals surface area contributed by atoms with Gasteiger partial charge in [0.2, 0.25) is 15.9 Å². The maximum Gasteiger partial charge on any atom is 0.238 e. The van der Waals surface area contributed by atoms with Crippen molar-refractivity contribution >= 4 is 15.7 Å². The molecule has 0 aliphatic rings. The highest BCUT2D eigenvalue weighted by atomic mass is 32.2. The van der Waals surface area contributed by atoms with Crippen molar-refractivity contribution in [2.75, 3.05) is 10.5 Å². The first kappa shape index (κ1) is 14.3. The van der Waals surface area contributed by atoms with E-state index in [9.17, 15) is 8.42 Å². The first-order valence-electron chi connectivity index (χ1n) is 6.07. The number of hydrogen-bond acceptors (Lipinski definition) is 5. The predicted octanol–water partition coefficient (Wildman–Crippen LogP) is 2.34. The summed E-state index contributed by atoms with van der Waals surface area (Å²) in [6.45, 7) is 3.42. The number of hydrogen-bond donors (Lipinski definition) is 1. The van der Waals surface area contributed by atoms with E-state index in [4.69, 9.17) is 4.74 Å². The van der Waals surface area contributed by atoms with Crippen LogP contribution in [0.4, 0.5) is 5.69 Å². The second kappa shape index (κ2) is 5.87. The molecule has 0 bridgehead atoms. The first-order valence-corrected chi connectivity index (χ1v) is 7.72. The molecular formula is C13H15N3O3S. The molecule has 0 spiro atoms. The molecular weight excluding hydrogens is 278 g/mol. The Morgan fingerprint density at radius 2 is 1.80 bits per heavy atom. The van der Waals surface area contributed by atoms with Gasteiger partial charge in [-0.05, 0) is 44.2 Å². The van der Waals surface area contributed by atoms with Gasteiger partial charge in [-0.3, -0.25) is 4.72 Å². The summed E-state index contributed by atoms with van der Waals surface area (Å²) in [7, 11) is -3.26. The molecule has 1 aromatic carbocycles. The number of rotatable bonds is 5. The lowest BCUT2D eigenvalue weighted by Crippen LogP contribution is -2.14. The van der Waals surface area contributed by atoms with E-state index in [-0.39, 0.29) is 5.75 Å². The van der Waals surface area contributed by atoms with E-state index in [0.29, 0.717) is 17.3 Å². The van der Waals surface area contributed by atoms with Crippen LogP contribution in [-0.2, 0) is 10.0 Å². The Morgan fingerprint density at radius 1 is 1.10 bits per heavy atom. The monoisotopic (exact) mass is 293 g/mol. The van der Waals surface area contributed by atoms with Gasteiger partial charge in [-0.15, -0.1) is 5.10 Å². The fourth-order valence-corrected chi connectivity index (χ4v) is 2.04. The van der Waals surface area contributed by atoms with Crippen molar-refractivity contribution in [1.29, 1.82) is 0 Å². The first-order chi connectivity index (χ1) is 9.48. The van der Waals surface area contributed by atoms with Crippen LogP contribution in [0.25, 0.3) is 0 Å². The molecule has 1 heterocycles. The molecule has 1 aromatic heterocycles.